The number of carbonyl (C=O) groups excluding carboxylic acids is 2. The van der Waals surface area contributed by atoms with E-state index in [-0.39, 0.29) is 10.7 Å². The van der Waals surface area contributed by atoms with Crippen LogP contribution in [0.1, 0.15) is 20.7 Å². The highest BCUT2D eigenvalue weighted by molar-refractivity contribution is 7.80. The molecule has 0 bridgehead atoms. The van der Waals surface area contributed by atoms with Gasteiger partial charge in [0.25, 0.3) is 5.91 Å². The van der Waals surface area contributed by atoms with Crippen molar-refractivity contribution in [3.05, 3.63) is 59.9 Å². The highest BCUT2D eigenvalue weighted by Gasteiger charge is 2.07. The number of rotatable bonds is 3. The van der Waals surface area contributed by atoms with Crippen molar-refractivity contribution in [1.29, 1.82) is 0 Å². The molecular weight excluding hydrogens is 290 g/mol. The van der Waals surface area contributed by atoms with Gasteiger partial charge in [0.1, 0.15) is 0 Å². The molecule has 1 aromatic carbocycles. The first-order valence-electron chi connectivity index (χ1n) is 5.90. The van der Waals surface area contributed by atoms with Crippen LogP contribution in [0.15, 0.2) is 48.8 Å². The average molecular weight is 300 g/mol. The van der Waals surface area contributed by atoms with E-state index in [9.17, 15) is 14.7 Å². The first-order valence-corrected chi connectivity index (χ1v) is 6.31. The van der Waals surface area contributed by atoms with E-state index in [1.807, 2.05) is 0 Å². The first-order chi connectivity index (χ1) is 10.1. The number of carboxylic acids is 1. The van der Waals surface area contributed by atoms with Crippen molar-refractivity contribution < 1.29 is 14.7 Å². The number of anilines is 1. The maximum Gasteiger partial charge on any atom is 0.258 e. The number of aromatic carboxylic acids is 1. The Hall–Kier alpha value is -2.80. The Morgan fingerprint density at radius 1 is 1.14 bits per heavy atom. The van der Waals surface area contributed by atoms with E-state index in [0.717, 1.165) is 0 Å². The number of carboxylic acid groups (broad SMARTS) is 1. The van der Waals surface area contributed by atoms with Crippen LogP contribution < -0.4 is 15.7 Å². The Kier molecular flexibility index (Phi) is 4.57. The molecule has 2 rings (SSSR count). The summed E-state index contributed by atoms with van der Waals surface area (Å²) in [6, 6.07) is 9.15. The van der Waals surface area contributed by atoms with Gasteiger partial charge in [0.15, 0.2) is 5.11 Å². The lowest BCUT2D eigenvalue weighted by Crippen LogP contribution is -2.34. The van der Waals surface area contributed by atoms with Crippen LogP contribution in [0.5, 0.6) is 0 Å². The number of aromatic nitrogens is 1. The van der Waals surface area contributed by atoms with Crippen LogP contribution in [-0.2, 0) is 0 Å². The summed E-state index contributed by atoms with van der Waals surface area (Å²) in [5, 5.41) is 16.0. The normalized spacial score (nSPS) is 9.71. The van der Waals surface area contributed by atoms with Gasteiger partial charge in [-0.3, -0.25) is 15.1 Å². The third-order valence-corrected chi connectivity index (χ3v) is 2.71. The van der Waals surface area contributed by atoms with Crippen LogP contribution in [0, 0.1) is 0 Å². The monoisotopic (exact) mass is 300 g/mol. The summed E-state index contributed by atoms with van der Waals surface area (Å²) in [4.78, 5) is 26.4. The van der Waals surface area contributed by atoms with Gasteiger partial charge in [0.05, 0.1) is 11.5 Å². The summed E-state index contributed by atoms with van der Waals surface area (Å²) in [6.45, 7) is 0. The molecule has 0 aliphatic rings. The van der Waals surface area contributed by atoms with Crippen molar-refractivity contribution >= 4 is 34.9 Å². The van der Waals surface area contributed by atoms with Crippen molar-refractivity contribution in [1.82, 2.24) is 10.3 Å². The van der Waals surface area contributed by atoms with Crippen LogP contribution in [-0.4, -0.2) is 22.0 Å². The zero-order chi connectivity index (χ0) is 15.2. The Morgan fingerprint density at radius 2 is 1.90 bits per heavy atom. The smallest absolute Gasteiger partial charge is 0.258 e. The van der Waals surface area contributed by atoms with Crippen LogP contribution in [0.4, 0.5) is 5.69 Å². The number of benzene rings is 1. The fraction of sp³-hybridized carbons (Fsp3) is 0. The summed E-state index contributed by atoms with van der Waals surface area (Å²) < 4.78 is 0. The van der Waals surface area contributed by atoms with E-state index >= 15 is 0 Å². The Morgan fingerprint density at radius 3 is 2.57 bits per heavy atom. The molecule has 1 heterocycles. The fourth-order valence-electron chi connectivity index (χ4n) is 1.56. The molecule has 0 aliphatic carbocycles. The predicted octanol–water partition coefficient (Wildman–Crippen LogP) is 0.572. The first kappa shape index (κ1) is 14.6. The summed E-state index contributed by atoms with van der Waals surface area (Å²) in [6.07, 6.45) is 2.97. The minimum atomic E-state index is -1.29. The maximum atomic E-state index is 11.8. The molecule has 0 spiro atoms. The molecule has 2 N–H and O–H groups in total. The summed E-state index contributed by atoms with van der Waals surface area (Å²) in [5.41, 5.74) is 0.819. The molecule has 6 nitrogen and oxygen atoms in total. The van der Waals surface area contributed by atoms with Crippen molar-refractivity contribution in [2.45, 2.75) is 0 Å². The van der Waals surface area contributed by atoms with E-state index in [1.165, 1.54) is 18.3 Å². The number of hydrogen-bond donors (Lipinski definition) is 2. The molecule has 7 heteroatoms. The lowest BCUT2D eigenvalue weighted by Gasteiger charge is -2.11. The van der Waals surface area contributed by atoms with Gasteiger partial charge in [-0.05, 0) is 42.0 Å². The molecule has 106 valence electrons. The summed E-state index contributed by atoms with van der Waals surface area (Å²) in [7, 11) is 0. The standard InChI is InChI=1S/C14H11N3O3S/c18-12(10-4-2-6-15-8-10)17-14(21)16-11-5-1-3-9(7-11)13(19)20/h1-8H,(H,19,20)(H2,16,17,18,21)/p-1. The van der Waals surface area contributed by atoms with E-state index < -0.39 is 11.9 Å². The number of pyridine rings is 1. The van der Waals surface area contributed by atoms with Gasteiger partial charge >= 0.3 is 0 Å². The Balaban J connectivity index is 2.00. The number of nitrogens with zero attached hydrogens (tertiary/aromatic N) is 1. The number of amides is 1. The highest BCUT2D eigenvalue weighted by Crippen LogP contribution is 2.10. The molecule has 0 radical (unpaired) electrons. The highest BCUT2D eigenvalue weighted by atomic mass is 32.1. The second-order valence-corrected chi connectivity index (χ2v) is 4.43. The predicted molar refractivity (Wildman–Crippen MR) is 78.7 cm³/mol. The van der Waals surface area contributed by atoms with E-state index in [0.29, 0.717) is 11.3 Å². The van der Waals surface area contributed by atoms with E-state index in [4.69, 9.17) is 12.2 Å². The second kappa shape index (κ2) is 6.58. The number of thiocarbonyl (C=S) groups is 1. The van der Waals surface area contributed by atoms with Gasteiger partial charge < -0.3 is 15.2 Å². The molecule has 0 atom stereocenters. The molecule has 0 unspecified atom stereocenters. The average Bonchev–Trinajstić information content (AvgIpc) is 2.48. The summed E-state index contributed by atoms with van der Waals surface area (Å²) in [5.74, 6) is -1.69. The second-order valence-electron chi connectivity index (χ2n) is 4.02. The third-order valence-electron chi connectivity index (χ3n) is 2.51. The van der Waals surface area contributed by atoms with Crippen molar-refractivity contribution in [2.75, 3.05) is 5.32 Å². The molecule has 21 heavy (non-hydrogen) atoms. The van der Waals surface area contributed by atoms with Crippen molar-refractivity contribution in [3.8, 4) is 0 Å². The molecule has 0 saturated carbocycles. The van der Waals surface area contributed by atoms with Gasteiger partial charge in [-0.1, -0.05) is 12.1 Å². The molecule has 0 fully saturated rings. The minimum Gasteiger partial charge on any atom is -0.545 e. The number of carbonyl (C=O) groups is 2. The number of nitrogens with one attached hydrogen (secondary N) is 2. The minimum absolute atomic E-state index is 0.0152. The quantitative estimate of drug-likeness (QED) is 0.805. The van der Waals surface area contributed by atoms with E-state index in [1.54, 1.807) is 30.5 Å². The molecule has 0 aliphatic heterocycles. The lowest BCUT2D eigenvalue weighted by molar-refractivity contribution is -0.255. The zero-order valence-corrected chi connectivity index (χ0v) is 11.5. The largest absolute Gasteiger partial charge is 0.545 e. The Bertz CT molecular complexity index is 689. The summed E-state index contributed by atoms with van der Waals surface area (Å²) >= 11 is 4.99. The SMILES string of the molecule is O=C([O-])c1cccc(NC(=S)NC(=O)c2cccnc2)c1. The van der Waals surface area contributed by atoms with Gasteiger partial charge in [-0.2, -0.15) is 0 Å². The van der Waals surface area contributed by atoms with Crippen LogP contribution in [0.2, 0.25) is 0 Å². The molecule has 1 amide bonds. The van der Waals surface area contributed by atoms with E-state index in [2.05, 4.69) is 15.6 Å². The van der Waals surface area contributed by atoms with Gasteiger partial charge in [-0.25, -0.2) is 0 Å². The molecular formula is C14H10N3O3S-. The van der Waals surface area contributed by atoms with Crippen molar-refractivity contribution in [3.63, 3.8) is 0 Å². The fourth-order valence-corrected chi connectivity index (χ4v) is 1.77. The molecule has 1 aromatic heterocycles. The molecule has 2 aromatic rings. The van der Waals surface area contributed by atoms with Crippen LogP contribution >= 0.6 is 12.2 Å². The van der Waals surface area contributed by atoms with Gasteiger partial charge in [0, 0.05) is 18.1 Å². The maximum absolute atomic E-state index is 11.8. The molecule has 0 saturated heterocycles. The van der Waals surface area contributed by atoms with Crippen LogP contribution in [0.3, 0.4) is 0 Å². The van der Waals surface area contributed by atoms with Crippen LogP contribution in [0.25, 0.3) is 0 Å². The third kappa shape index (κ3) is 4.08. The van der Waals surface area contributed by atoms with Gasteiger partial charge in [-0.15, -0.1) is 0 Å². The number of hydrogen-bond acceptors (Lipinski definition) is 5. The van der Waals surface area contributed by atoms with Gasteiger partial charge in [0.2, 0.25) is 0 Å². The zero-order valence-electron chi connectivity index (χ0n) is 10.7. The Labute approximate surface area is 125 Å². The topological polar surface area (TPSA) is 94.1 Å². The van der Waals surface area contributed by atoms with Crippen molar-refractivity contribution in [2.24, 2.45) is 0 Å². The lowest BCUT2D eigenvalue weighted by atomic mass is 10.2.